The smallest absolute Gasteiger partial charge is 1.00 e. The molecule has 0 aromatic rings. The predicted octanol–water partition coefficient (Wildman–Crippen LogP) is -1.20. The van der Waals surface area contributed by atoms with Gasteiger partial charge >= 0.3 is 23.1 Å². The molecule has 0 amide bonds. The molecule has 0 saturated heterocycles. The Morgan fingerprint density at radius 1 is 1.50 bits per heavy atom. The monoisotopic (exact) mass is 186 g/mol. The summed E-state index contributed by atoms with van der Waals surface area (Å²) in [7, 11) is 0. The molecule has 8 heavy (non-hydrogen) atoms. The van der Waals surface area contributed by atoms with Crippen molar-refractivity contribution in [3.63, 3.8) is 0 Å². The van der Waals surface area contributed by atoms with E-state index in [1.807, 2.05) is 6.08 Å². The van der Waals surface area contributed by atoms with Crippen molar-refractivity contribution in [1.82, 2.24) is 0 Å². The first-order valence-electron chi connectivity index (χ1n) is 2.36. The topological polar surface area (TPSA) is 0 Å². The first kappa shape index (κ1) is 15.9. The summed E-state index contributed by atoms with van der Waals surface area (Å²) in [5, 5.41) is 0. The second-order valence-electron chi connectivity index (χ2n) is 1.26. The second-order valence-corrected chi connectivity index (χ2v) is 1.26. The van der Waals surface area contributed by atoms with Gasteiger partial charge in [0.05, 0.1) is 0 Å². The maximum absolute atomic E-state index is 3.54. The molecule has 0 rings (SSSR count). The van der Waals surface area contributed by atoms with Crippen molar-refractivity contribution in [3.8, 4) is 0 Å². The Bertz CT molecular complexity index is 43.8. The number of hydrogen-bond acceptors (Lipinski definition) is 0. The van der Waals surface area contributed by atoms with Crippen molar-refractivity contribution in [3.05, 3.63) is 19.1 Å². The minimum atomic E-state index is 0. The molecule has 0 aliphatic carbocycles. The van der Waals surface area contributed by atoms with Gasteiger partial charge in [0.25, 0.3) is 0 Å². The third kappa shape index (κ3) is 15.8. The largest absolute Gasteiger partial charge is 2.00 e. The van der Waals surface area contributed by atoms with Gasteiger partial charge in [-0.3, -0.25) is 0 Å². The third-order valence-electron chi connectivity index (χ3n) is 0.622. The molecule has 44 valence electrons. The quantitative estimate of drug-likeness (QED) is 0.376. The van der Waals surface area contributed by atoms with Gasteiger partial charge in [-0.05, 0) is 0 Å². The van der Waals surface area contributed by atoms with Crippen LogP contribution in [0.4, 0.5) is 0 Å². The van der Waals surface area contributed by atoms with Crippen LogP contribution in [0.2, 0.25) is 0 Å². The van der Waals surface area contributed by atoms with E-state index in [4.69, 9.17) is 0 Å². The average Bonchev–Trinajstić information content (AvgIpc) is 1.61. The summed E-state index contributed by atoms with van der Waals surface area (Å²) in [5.41, 5.74) is 0. The molecule has 0 heterocycles. The minimum Gasteiger partial charge on any atom is -1.00 e. The summed E-state index contributed by atoms with van der Waals surface area (Å²) in [4.78, 5) is 0. The summed E-state index contributed by atoms with van der Waals surface area (Å²) in [6, 6.07) is 0. The molecule has 0 N–H and O–H groups in total. The van der Waals surface area contributed by atoms with Crippen molar-refractivity contribution in [2.45, 2.75) is 19.8 Å². The normalized spacial score (nSPS) is 7.62. The van der Waals surface area contributed by atoms with E-state index in [1.54, 1.807) is 0 Å². The Kier molecular flexibility index (Phi) is 31.2. The summed E-state index contributed by atoms with van der Waals surface area (Å²) in [6.07, 6.45) is 6.30. The Labute approximate surface area is 78.7 Å². The summed E-state index contributed by atoms with van der Waals surface area (Å²) >= 11 is 0. The Hall–Kier alpha value is 0.856. The standard InChI is InChI=1S/C6H11.BrH.Mg/c1-3-5-6-4-2;;/h3,5H,1,4,6H2,2H3;1H;/q-1;;+2/p-1. The first-order valence-corrected chi connectivity index (χ1v) is 2.36. The van der Waals surface area contributed by atoms with Crippen LogP contribution in [0.25, 0.3) is 0 Å². The van der Waals surface area contributed by atoms with Crippen LogP contribution in [0.1, 0.15) is 19.8 Å². The molecular weight excluding hydrogens is 176 g/mol. The van der Waals surface area contributed by atoms with Crippen LogP contribution >= 0.6 is 0 Å². The average molecular weight is 187 g/mol. The van der Waals surface area contributed by atoms with Gasteiger partial charge in [0, 0.05) is 0 Å². The fourth-order valence-electron chi connectivity index (χ4n) is 0.285. The molecule has 0 atom stereocenters. The molecule has 0 aliphatic heterocycles. The van der Waals surface area contributed by atoms with Crippen molar-refractivity contribution in [2.75, 3.05) is 0 Å². The van der Waals surface area contributed by atoms with Gasteiger partial charge in [-0.2, -0.15) is 0 Å². The Balaban J connectivity index is -0.000000125. The number of halogens is 1. The Morgan fingerprint density at radius 3 is 2.12 bits per heavy atom. The molecule has 0 aromatic heterocycles. The molecule has 0 radical (unpaired) electrons. The molecule has 0 fully saturated rings. The molecule has 0 aliphatic rings. The van der Waals surface area contributed by atoms with Gasteiger partial charge in [0.15, 0.2) is 0 Å². The fourth-order valence-corrected chi connectivity index (χ4v) is 0.285. The van der Waals surface area contributed by atoms with E-state index in [2.05, 4.69) is 19.9 Å². The number of hydrogen-bond donors (Lipinski definition) is 0. The number of rotatable bonds is 2. The molecular formula is C6H11BrMg. The van der Waals surface area contributed by atoms with E-state index in [9.17, 15) is 0 Å². The molecule has 0 unspecified atom stereocenters. The van der Waals surface area contributed by atoms with Gasteiger partial charge in [0.2, 0.25) is 0 Å². The summed E-state index contributed by atoms with van der Waals surface area (Å²) < 4.78 is 0. The van der Waals surface area contributed by atoms with Crippen molar-refractivity contribution >= 4 is 23.1 Å². The zero-order valence-corrected chi connectivity index (χ0v) is 8.36. The van der Waals surface area contributed by atoms with E-state index in [0.29, 0.717) is 0 Å². The van der Waals surface area contributed by atoms with Crippen LogP contribution in [0, 0.1) is 6.92 Å². The van der Waals surface area contributed by atoms with Crippen molar-refractivity contribution in [2.24, 2.45) is 0 Å². The van der Waals surface area contributed by atoms with E-state index in [0.717, 1.165) is 0 Å². The van der Waals surface area contributed by atoms with Gasteiger partial charge in [-0.15, -0.1) is 6.42 Å². The number of unbranched alkanes of at least 4 members (excludes halogenated alkanes) is 1. The maximum atomic E-state index is 3.54. The third-order valence-corrected chi connectivity index (χ3v) is 0.622. The second kappa shape index (κ2) is 15.7. The van der Waals surface area contributed by atoms with Crippen LogP contribution in [0.5, 0.6) is 0 Å². The van der Waals surface area contributed by atoms with E-state index in [1.165, 1.54) is 12.8 Å². The maximum Gasteiger partial charge on any atom is 2.00 e. The minimum absolute atomic E-state index is 0. The predicted molar refractivity (Wildman–Crippen MR) is 35.2 cm³/mol. The zero-order chi connectivity index (χ0) is 4.83. The van der Waals surface area contributed by atoms with Gasteiger partial charge in [-0.1, -0.05) is 13.3 Å². The van der Waals surface area contributed by atoms with Gasteiger partial charge < -0.3 is 17.0 Å². The van der Waals surface area contributed by atoms with E-state index in [-0.39, 0.29) is 40.0 Å². The molecule has 0 nitrogen and oxygen atoms in total. The van der Waals surface area contributed by atoms with Crippen LogP contribution in [-0.4, -0.2) is 23.1 Å². The van der Waals surface area contributed by atoms with Crippen molar-refractivity contribution < 1.29 is 17.0 Å². The number of allylic oxidation sites excluding steroid dienone is 2. The van der Waals surface area contributed by atoms with Gasteiger partial charge in [0.1, 0.15) is 0 Å². The Morgan fingerprint density at radius 2 is 2.00 bits per heavy atom. The molecule has 0 aromatic carbocycles. The van der Waals surface area contributed by atoms with E-state index < -0.39 is 0 Å². The van der Waals surface area contributed by atoms with Crippen LogP contribution in [-0.2, 0) is 0 Å². The van der Waals surface area contributed by atoms with E-state index >= 15 is 0 Å². The van der Waals surface area contributed by atoms with Crippen LogP contribution in [0.3, 0.4) is 0 Å². The molecule has 0 bridgehead atoms. The molecule has 2 heteroatoms. The van der Waals surface area contributed by atoms with Gasteiger partial charge in [-0.25, -0.2) is 19.1 Å². The SMILES string of the molecule is [Br-].[CH2-]C=CCCC.[Mg+2]. The zero-order valence-electron chi connectivity index (χ0n) is 5.36. The molecule has 0 saturated carbocycles. The fraction of sp³-hybridized carbons (Fsp3) is 0.500. The first-order chi connectivity index (χ1) is 2.91. The molecule has 0 spiro atoms. The summed E-state index contributed by atoms with van der Waals surface area (Å²) in [5.74, 6) is 0. The van der Waals surface area contributed by atoms with Crippen molar-refractivity contribution in [1.29, 1.82) is 0 Å². The van der Waals surface area contributed by atoms with Crippen LogP contribution in [0.15, 0.2) is 12.2 Å². The van der Waals surface area contributed by atoms with Crippen LogP contribution < -0.4 is 17.0 Å². The summed E-state index contributed by atoms with van der Waals surface area (Å²) in [6.45, 7) is 5.70.